The molecule has 3 aromatic rings. The molecule has 26 heavy (non-hydrogen) atoms. The van der Waals surface area contributed by atoms with Crippen LogP contribution in [0.4, 0.5) is 11.4 Å². The smallest absolute Gasteiger partial charge is 0.275 e. The van der Waals surface area contributed by atoms with Crippen LogP contribution >= 0.6 is 12.4 Å². The van der Waals surface area contributed by atoms with Crippen LogP contribution < -0.4 is 15.5 Å². The van der Waals surface area contributed by atoms with E-state index < -0.39 is 0 Å². The first kappa shape index (κ1) is 18.2. The SMILES string of the molecule is Cc1cn2cc(C(=O)Nc3ccc(N4CCNCC4)cc3)ncc2n1.Cl. The van der Waals surface area contributed by atoms with Gasteiger partial charge in [-0.05, 0) is 31.2 Å². The summed E-state index contributed by atoms with van der Waals surface area (Å²) in [6.45, 7) is 5.91. The highest BCUT2D eigenvalue weighted by Gasteiger charge is 2.12. The van der Waals surface area contributed by atoms with Gasteiger partial charge in [0.1, 0.15) is 5.69 Å². The molecule has 0 saturated carbocycles. The summed E-state index contributed by atoms with van der Waals surface area (Å²) in [5, 5.41) is 6.24. The largest absolute Gasteiger partial charge is 0.369 e. The zero-order chi connectivity index (χ0) is 17.2. The van der Waals surface area contributed by atoms with Gasteiger partial charge in [0, 0.05) is 49.9 Å². The Hall–Kier alpha value is -2.64. The number of hydrogen-bond donors (Lipinski definition) is 2. The monoisotopic (exact) mass is 372 g/mol. The standard InChI is InChI=1S/C18H20N6O.ClH/c1-13-11-24-12-16(20-10-17(24)21-13)18(25)22-14-2-4-15(5-3-14)23-8-6-19-7-9-23;/h2-5,10-12,19H,6-9H2,1H3,(H,22,25);1H. The molecule has 7 nitrogen and oxygen atoms in total. The van der Waals surface area contributed by atoms with E-state index in [2.05, 4.69) is 25.5 Å². The van der Waals surface area contributed by atoms with E-state index in [0.29, 0.717) is 5.69 Å². The normalized spacial score (nSPS) is 14.1. The van der Waals surface area contributed by atoms with Crippen molar-refractivity contribution in [2.45, 2.75) is 6.92 Å². The number of amides is 1. The fraction of sp³-hybridized carbons (Fsp3) is 0.278. The number of anilines is 2. The molecule has 2 N–H and O–H groups in total. The summed E-state index contributed by atoms with van der Waals surface area (Å²) in [5.74, 6) is -0.233. The van der Waals surface area contributed by atoms with Crippen LogP contribution in [0.2, 0.25) is 0 Å². The van der Waals surface area contributed by atoms with Crippen molar-refractivity contribution in [3.63, 3.8) is 0 Å². The summed E-state index contributed by atoms with van der Waals surface area (Å²) in [6.07, 6.45) is 5.17. The van der Waals surface area contributed by atoms with Crippen molar-refractivity contribution >= 4 is 35.3 Å². The average molecular weight is 373 g/mol. The molecule has 3 heterocycles. The number of hydrogen-bond acceptors (Lipinski definition) is 5. The Morgan fingerprint density at radius 3 is 2.62 bits per heavy atom. The van der Waals surface area contributed by atoms with Gasteiger partial charge in [-0.3, -0.25) is 4.79 Å². The Balaban J connectivity index is 0.00000196. The van der Waals surface area contributed by atoms with Crippen molar-refractivity contribution in [2.75, 3.05) is 36.4 Å². The molecule has 0 radical (unpaired) electrons. The van der Waals surface area contributed by atoms with Gasteiger partial charge in [0.2, 0.25) is 0 Å². The Morgan fingerprint density at radius 1 is 1.15 bits per heavy atom. The van der Waals surface area contributed by atoms with Gasteiger partial charge in [-0.2, -0.15) is 0 Å². The van der Waals surface area contributed by atoms with Gasteiger partial charge in [-0.25, -0.2) is 9.97 Å². The van der Waals surface area contributed by atoms with Gasteiger partial charge in [0.15, 0.2) is 5.65 Å². The van der Waals surface area contributed by atoms with Crippen LogP contribution in [0.5, 0.6) is 0 Å². The second-order valence-electron chi connectivity index (χ2n) is 6.16. The fourth-order valence-electron chi connectivity index (χ4n) is 3.02. The Kier molecular flexibility index (Phi) is 5.39. The summed E-state index contributed by atoms with van der Waals surface area (Å²) >= 11 is 0. The van der Waals surface area contributed by atoms with Gasteiger partial charge >= 0.3 is 0 Å². The predicted molar refractivity (Wildman–Crippen MR) is 104 cm³/mol. The molecule has 2 aromatic heterocycles. The van der Waals surface area contributed by atoms with E-state index in [9.17, 15) is 4.79 Å². The van der Waals surface area contributed by atoms with Crippen LogP contribution in [-0.4, -0.2) is 46.5 Å². The molecule has 0 bridgehead atoms. The zero-order valence-electron chi connectivity index (χ0n) is 14.5. The number of nitrogens with one attached hydrogen (secondary N) is 2. The number of aryl methyl sites for hydroxylation is 1. The number of benzene rings is 1. The number of imidazole rings is 1. The number of piperazine rings is 1. The van der Waals surface area contributed by atoms with E-state index in [1.807, 2.05) is 41.8 Å². The van der Waals surface area contributed by atoms with E-state index in [0.717, 1.165) is 43.2 Å². The summed E-state index contributed by atoms with van der Waals surface area (Å²) in [5.41, 5.74) is 3.91. The van der Waals surface area contributed by atoms with Gasteiger partial charge in [0.05, 0.1) is 11.9 Å². The van der Waals surface area contributed by atoms with E-state index >= 15 is 0 Å². The van der Waals surface area contributed by atoms with Crippen molar-refractivity contribution in [1.29, 1.82) is 0 Å². The van der Waals surface area contributed by atoms with Crippen molar-refractivity contribution in [2.24, 2.45) is 0 Å². The molecule has 1 aliphatic rings. The summed E-state index contributed by atoms with van der Waals surface area (Å²) < 4.78 is 1.81. The molecule has 0 unspecified atom stereocenters. The number of carbonyl (C=O) groups excluding carboxylic acids is 1. The molecule has 8 heteroatoms. The fourth-order valence-corrected chi connectivity index (χ4v) is 3.02. The lowest BCUT2D eigenvalue weighted by molar-refractivity contribution is 0.102. The highest BCUT2D eigenvalue weighted by atomic mass is 35.5. The number of fused-ring (bicyclic) bond motifs is 1. The van der Waals surface area contributed by atoms with Crippen molar-refractivity contribution < 1.29 is 4.79 Å². The molecule has 1 amide bonds. The molecular formula is C18H21ClN6O. The minimum Gasteiger partial charge on any atom is -0.369 e. The summed E-state index contributed by atoms with van der Waals surface area (Å²) in [4.78, 5) is 23.3. The predicted octanol–water partition coefficient (Wildman–Crippen LogP) is 2.12. The molecule has 1 fully saturated rings. The van der Waals surface area contributed by atoms with Crippen molar-refractivity contribution in [3.8, 4) is 0 Å². The van der Waals surface area contributed by atoms with Crippen LogP contribution in [0, 0.1) is 6.92 Å². The van der Waals surface area contributed by atoms with Crippen LogP contribution in [0.3, 0.4) is 0 Å². The van der Waals surface area contributed by atoms with E-state index in [4.69, 9.17) is 0 Å². The lowest BCUT2D eigenvalue weighted by Gasteiger charge is -2.29. The first-order valence-electron chi connectivity index (χ1n) is 8.37. The third-order valence-electron chi connectivity index (χ3n) is 4.30. The van der Waals surface area contributed by atoms with Crippen LogP contribution in [-0.2, 0) is 0 Å². The molecule has 1 aromatic carbocycles. The summed E-state index contributed by atoms with van der Waals surface area (Å²) in [7, 11) is 0. The number of carbonyl (C=O) groups is 1. The molecular weight excluding hydrogens is 352 g/mol. The van der Waals surface area contributed by atoms with E-state index in [1.165, 1.54) is 5.69 Å². The Morgan fingerprint density at radius 2 is 1.88 bits per heavy atom. The molecule has 0 atom stereocenters. The molecule has 136 valence electrons. The lowest BCUT2D eigenvalue weighted by Crippen LogP contribution is -2.43. The van der Waals surface area contributed by atoms with Crippen molar-refractivity contribution in [3.05, 3.63) is 54.2 Å². The maximum atomic E-state index is 12.4. The van der Waals surface area contributed by atoms with Crippen LogP contribution in [0.25, 0.3) is 5.65 Å². The van der Waals surface area contributed by atoms with Crippen LogP contribution in [0.1, 0.15) is 16.2 Å². The van der Waals surface area contributed by atoms with Gasteiger partial charge in [0.25, 0.3) is 5.91 Å². The highest BCUT2D eigenvalue weighted by Crippen LogP contribution is 2.19. The minimum atomic E-state index is -0.233. The topological polar surface area (TPSA) is 74.6 Å². The second-order valence-corrected chi connectivity index (χ2v) is 6.16. The molecule has 0 aliphatic carbocycles. The second kappa shape index (κ2) is 7.72. The number of halogens is 1. The van der Waals surface area contributed by atoms with Crippen LogP contribution in [0.15, 0.2) is 42.9 Å². The quantitative estimate of drug-likeness (QED) is 0.736. The van der Waals surface area contributed by atoms with E-state index in [1.54, 1.807) is 12.4 Å². The first-order chi connectivity index (χ1) is 12.2. The van der Waals surface area contributed by atoms with Gasteiger partial charge < -0.3 is 19.9 Å². The van der Waals surface area contributed by atoms with Crippen molar-refractivity contribution in [1.82, 2.24) is 19.7 Å². The lowest BCUT2D eigenvalue weighted by atomic mass is 10.2. The number of aromatic nitrogens is 3. The average Bonchev–Trinajstić information content (AvgIpc) is 3.02. The Labute approximate surface area is 157 Å². The third kappa shape index (κ3) is 3.79. The molecule has 1 saturated heterocycles. The Bertz CT molecular complexity index is 902. The molecule has 1 aliphatic heterocycles. The maximum Gasteiger partial charge on any atom is 0.275 e. The first-order valence-corrected chi connectivity index (χ1v) is 8.37. The number of nitrogens with zero attached hydrogens (tertiary/aromatic N) is 4. The van der Waals surface area contributed by atoms with E-state index in [-0.39, 0.29) is 18.3 Å². The highest BCUT2D eigenvalue weighted by molar-refractivity contribution is 6.02. The maximum absolute atomic E-state index is 12.4. The summed E-state index contributed by atoms with van der Waals surface area (Å²) in [6, 6.07) is 7.93. The van der Waals surface area contributed by atoms with Gasteiger partial charge in [-0.1, -0.05) is 0 Å². The molecule has 0 spiro atoms. The zero-order valence-corrected chi connectivity index (χ0v) is 15.3. The third-order valence-corrected chi connectivity index (χ3v) is 4.30. The van der Waals surface area contributed by atoms with Gasteiger partial charge in [-0.15, -0.1) is 12.4 Å². The number of rotatable bonds is 3. The molecule has 4 rings (SSSR count). The minimum absolute atomic E-state index is 0.